The van der Waals surface area contributed by atoms with Crippen LogP contribution in [0, 0.1) is 0 Å². The zero-order valence-corrected chi connectivity index (χ0v) is 16.5. The number of Topliss-reactive ketones (excluding diaryl/α,β-unsaturated/α-hetero) is 1. The minimum Gasteiger partial charge on any atom is -0.503 e. The lowest BCUT2D eigenvalue weighted by molar-refractivity contribution is -0.132. The van der Waals surface area contributed by atoms with Crippen LogP contribution >= 0.6 is 0 Å². The number of amides is 1. The van der Waals surface area contributed by atoms with Gasteiger partial charge in [-0.05, 0) is 49.6 Å². The van der Waals surface area contributed by atoms with Crippen molar-refractivity contribution in [1.29, 1.82) is 0 Å². The first-order valence-electron chi connectivity index (χ1n) is 10.2. The van der Waals surface area contributed by atoms with Crippen molar-refractivity contribution in [3.05, 3.63) is 65.3 Å². The standard InChI is InChI=1S/C23H25NO5/c1-2-28-17-12-10-15(11-13-17)20-19(21(25)18-9-6-14-29-18)22(26)23(27)24(20)16-7-4-3-5-8-16/h6,9-14,16,20,26H,2-5,7-8H2,1H3. The summed E-state index contributed by atoms with van der Waals surface area (Å²) in [6.07, 6.45) is 6.36. The van der Waals surface area contributed by atoms with Gasteiger partial charge in [-0.1, -0.05) is 31.4 Å². The summed E-state index contributed by atoms with van der Waals surface area (Å²) in [6, 6.07) is 9.88. The highest BCUT2D eigenvalue weighted by atomic mass is 16.5. The highest BCUT2D eigenvalue weighted by Gasteiger charge is 2.47. The number of aliphatic hydroxyl groups is 1. The quantitative estimate of drug-likeness (QED) is 0.724. The number of ketones is 1. The fourth-order valence-corrected chi connectivity index (χ4v) is 4.37. The average molecular weight is 395 g/mol. The maximum Gasteiger partial charge on any atom is 0.290 e. The van der Waals surface area contributed by atoms with E-state index in [1.807, 2.05) is 31.2 Å². The molecule has 29 heavy (non-hydrogen) atoms. The minimum absolute atomic E-state index is 0.00290. The zero-order valence-electron chi connectivity index (χ0n) is 16.5. The van der Waals surface area contributed by atoms with Gasteiger partial charge < -0.3 is 19.2 Å². The van der Waals surface area contributed by atoms with Crippen molar-refractivity contribution in [2.75, 3.05) is 6.61 Å². The van der Waals surface area contributed by atoms with Crippen LogP contribution in [0.15, 0.2) is 58.4 Å². The first kappa shape index (κ1) is 19.3. The normalized spacial score (nSPS) is 20.4. The van der Waals surface area contributed by atoms with Crippen LogP contribution in [0.4, 0.5) is 0 Å². The zero-order chi connectivity index (χ0) is 20.4. The van der Waals surface area contributed by atoms with Gasteiger partial charge in [-0.15, -0.1) is 0 Å². The van der Waals surface area contributed by atoms with E-state index in [2.05, 4.69) is 0 Å². The Morgan fingerprint density at radius 1 is 1.17 bits per heavy atom. The topological polar surface area (TPSA) is 80.0 Å². The SMILES string of the molecule is CCOc1ccc(C2C(C(=O)c3ccco3)=C(O)C(=O)N2C2CCCCC2)cc1. The Bertz CT molecular complexity index is 907. The monoisotopic (exact) mass is 395 g/mol. The smallest absolute Gasteiger partial charge is 0.290 e. The number of carbonyl (C=O) groups excluding carboxylic acids is 2. The molecule has 1 aromatic carbocycles. The highest BCUT2D eigenvalue weighted by Crippen LogP contribution is 2.43. The number of furan rings is 1. The number of aliphatic hydroxyl groups excluding tert-OH is 1. The third-order valence-corrected chi connectivity index (χ3v) is 5.71. The largest absolute Gasteiger partial charge is 0.503 e. The van der Waals surface area contributed by atoms with Crippen molar-refractivity contribution in [1.82, 2.24) is 4.90 Å². The maximum atomic E-state index is 13.1. The van der Waals surface area contributed by atoms with E-state index in [9.17, 15) is 14.7 Å². The van der Waals surface area contributed by atoms with Crippen LogP contribution in [-0.2, 0) is 4.79 Å². The Balaban J connectivity index is 1.76. The lowest BCUT2D eigenvalue weighted by Gasteiger charge is -2.36. The molecular weight excluding hydrogens is 370 g/mol. The van der Waals surface area contributed by atoms with Crippen LogP contribution in [0.5, 0.6) is 5.75 Å². The Morgan fingerprint density at radius 3 is 2.52 bits per heavy atom. The summed E-state index contributed by atoms with van der Waals surface area (Å²) in [7, 11) is 0. The summed E-state index contributed by atoms with van der Waals surface area (Å²) in [4.78, 5) is 27.9. The van der Waals surface area contributed by atoms with Gasteiger partial charge in [-0.2, -0.15) is 0 Å². The second-order valence-corrected chi connectivity index (χ2v) is 7.48. The van der Waals surface area contributed by atoms with E-state index >= 15 is 0 Å². The number of ether oxygens (including phenoxy) is 1. The number of nitrogens with zero attached hydrogens (tertiary/aromatic N) is 1. The molecule has 2 aliphatic rings. The third-order valence-electron chi connectivity index (χ3n) is 5.71. The molecule has 2 heterocycles. The lowest BCUT2D eigenvalue weighted by atomic mass is 9.90. The number of hydrogen-bond acceptors (Lipinski definition) is 5. The average Bonchev–Trinajstić information content (AvgIpc) is 3.37. The molecule has 0 spiro atoms. The number of hydrogen-bond donors (Lipinski definition) is 1. The summed E-state index contributed by atoms with van der Waals surface area (Å²) < 4.78 is 10.8. The first-order valence-corrected chi connectivity index (χ1v) is 10.2. The van der Waals surface area contributed by atoms with E-state index in [1.165, 1.54) is 6.26 Å². The molecule has 152 valence electrons. The molecule has 6 heteroatoms. The van der Waals surface area contributed by atoms with Crippen molar-refractivity contribution in [2.45, 2.75) is 51.1 Å². The Hall–Kier alpha value is -3.02. The van der Waals surface area contributed by atoms with Crippen LogP contribution in [0.3, 0.4) is 0 Å². The molecule has 1 aliphatic heterocycles. The van der Waals surface area contributed by atoms with Gasteiger partial charge in [0.2, 0.25) is 5.78 Å². The van der Waals surface area contributed by atoms with E-state index in [4.69, 9.17) is 9.15 Å². The van der Waals surface area contributed by atoms with E-state index in [-0.39, 0.29) is 17.4 Å². The Morgan fingerprint density at radius 2 is 1.90 bits per heavy atom. The Kier molecular flexibility index (Phi) is 5.43. The van der Waals surface area contributed by atoms with Crippen LogP contribution < -0.4 is 4.74 Å². The predicted molar refractivity (Wildman–Crippen MR) is 107 cm³/mol. The molecule has 1 amide bonds. The summed E-state index contributed by atoms with van der Waals surface area (Å²) >= 11 is 0. The molecule has 1 aromatic heterocycles. The molecule has 0 bridgehead atoms. The lowest BCUT2D eigenvalue weighted by Crippen LogP contribution is -2.41. The fraction of sp³-hybridized carbons (Fsp3) is 0.391. The van der Waals surface area contributed by atoms with Gasteiger partial charge in [0.15, 0.2) is 11.5 Å². The highest BCUT2D eigenvalue weighted by molar-refractivity contribution is 6.15. The molecule has 1 N–H and O–H groups in total. The second kappa shape index (κ2) is 8.15. The summed E-state index contributed by atoms with van der Waals surface area (Å²) in [5, 5.41) is 10.7. The number of benzene rings is 1. The van der Waals surface area contributed by atoms with Crippen molar-refractivity contribution in [2.24, 2.45) is 0 Å². The molecule has 1 atom stereocenters. The molecule has 2 aromatic rings. The molecule has 1 saturated carbocycles. The van der Waals surface area contributed by atoms with E-state index in [0.29, 0.717) is 6.61 Å². The third kappa shape index (κ3) is 3.55. The second-order valence-electron chi connectivity index (χ2n) is 7.48. The van der Waals surface area contributed by atoms with Crippen molar-refractivity contribution >= 4 is 11.7 Å². The summed E-state index contributed by atoms with van der Waals surface area (Å²) in [5.41, 5.74) is 0.853. The number of carbonyl (C=O) groups is 2. The van der Waals surface area contributed by atoms with Crippen LogP contribution in [0.1, 0.15) is 61.2 Å². The molecule has 1 fully saturated rings. The minimum atomic E-state index is -0.640. The molecule has 6 nitrogen and oxygen atoms in total. The van der Waals surface area contributed by atoms with E-state index < -0.39 is 23.5 Å². The van der Waals surface area contributed by atoms with Crippen LogP contribution in [0.25, 0.3) is 0 Å². The van der Waals surface area contributed by atoms with E-state index in [1.54, 1.807) is 17.0 Å². The molecule has 4 rings (SSSR count). The van der Waals surface area contributed by atoms with Crippen LogP contribution in [-0.4, -0.2) is 34.3 Å². The molecule has 1 aliphatic carbocycles. The van der Waals surface area contributed by atoms with Gasteiger partial charge in [-0.25, -0.2) is 0 Å². The fourth-order valence-electron chi connectivity index (χ4n) is 4.37. The van der Waals surface area contributed by atoms with Gasteiger partial charge in [-0.3, -0.25) is 9.59 Å². The van der Waals surface area contributed by atoms with Gasteiger partial charge in [0.05, 0.1) is 24.5 Å². The molecule has 1 unspecified atom stereocenters. The maximum absolute atomic E-state index is 13.1. The predicted octanol–water partition coefficient (Wildman–Crippen LogP) is 4.59. The van der Waals surface area contributed by atoms with E-state index in [0.717, 1.165) is 43.4 Å². The van der Waals surface area contributed by atoms with Crippen LogP contribution in [0.2, 0.25) is 0 Å². The van der Waals surface area contributed by atoms with Crippen molar-refractivity contribution in [3.8, 4) is 5.75 Å². The van der Waals surface area contributed by atoms with Gasteiger partial charge in [0.25, 0.3) is 5.91 Å². The summed E-state index contributed by atoms with van der Waals surface area (Å²) in [5.74, 6) is -0.586. The molecule has 0 saturated heterocycles. The van der Waals surface area contributed by atoms with Crippen molar-refractivity contribution < 1.29 is 23.8 Å². The number of rotatable bonds is 6. The van der Waals surface area contributed by atoms with Gasteiger partial charge in [0.1, 0.15) is 5.75 Å². The van der Waals surface area contributed by atoms with Gasteiger partial charge in [0, 0.05) is 6.04 Å². The molecule has 0 radical (unpaired) electrons. The Labute approximate surface area is 169 Å². The van der Waals surface area contributed by atoms with Gasteiger partial charge >= 0.3 is 0 Å². The first-order chi connectivity index (χ1) is 14.1. The van der Waals surface area contributed by atoms with Crippen molar-refractivity contribution in [3.63, 3.8) is 0 Å². The molecular formula is C23H25NO5. The summed E-state index contributed by atoms with van der Waals surface area (Å²) in [6.45, 7) is 2.47.